The molecule has 1 amide bonds. The van der Waals surface area contributed by atoms with E-state index in [-0.39, 0.29) is 5.91 Å². The smallest absolute Gasteiger partial charge is 0.376 e. The maximum absolute atomic E-state index is 11.3. The van der Waals surface area contributed by atoms with Crippen LogP contribution in [0.5, 0.6) is 0 Å². The number of benzene rings is 2. The first-order chi connectivity index (χ1) is 13.1. The first-order valence-electron chi connectivity index (χ1n) is 9.14. The predicted octanol–water partition coefficient (Wildman–Crippen LogP) is 2.92. The fourth-order valence-corrected chi connectivity index (χ4v) is 2.80. The molecule has 27 heavy (non-hydrogen) atoms. The molecular weight excluding hydrogens is 339 g/mol. The average molecular weight is 366 g/mol. The fraction of sp³-hybridized carbons (Fsp3) is 0.286. The van der Waals surface area contributed by atoms with Crippen molar-refractivity contribution in [1.82, 2.24) is 10.3 Å². The van der Waals surface area contributed by atoms with Crippen molar-refractivity contribution in [2.75, 3.05) is 13.7 Å². The third-order valence-corrected chi connectivity index (χ3v) is 4.28. The lowest BCUT2D eigenvalue weighted by molar-refractivity contribution is -0.126. The number of nitrogens with one attached hydrogen (secondary N) is 1. The quantitative estimate of drug-likeness (QED) is 0.386. The Hall–Kier alpha value is -2.41. The molecule has 0 unspecified atom stereocenters. The molecule has 0 bridgehead atoms. The molecule has 0 spiro atoms. The number of hydrogen-bond acceptors (Lipinski definition) is 4. The van der Waals surface area contributed by atoms with Crippen molar-refractivity contribution in [2.24, 2.45) is 0 Å². The van der Waals surface area contributed by atoms with Crippen LogP contribution >= 0.6 is 0 Å². The Balaban J connectivity index is 1.87. The van der Waals surface area contributed by atoms with Crippen molar-refractivity contribution in [3.8, 4) is 0 Å². The van der Waals surface area contributed by atoms with Gasteiger partial charge in [-0.1, -0.05) is 54.6 Å². The second kappa shape index (κ2) is 11.3. The molecule has 0 fully saturated rings. The maximum Gasteiger partial charge on any atom is 0.376 e. The van der Waals surface area contributed by atoms with Crippen molar-refractivity contribution >= 4 is 19.0 Å². The first-order valence-corrected chi connectivity index (χ1v) is 9.14. The summed E-state index contributed by atoms with van der Waals surface area (Å²) < 4.78 is 0. The second-order valence-corrected chi connectivity index (χ2v) is 6.44. The molecule has 0 heterocycles. The number of carbonyl (C=O) groups excluding carboxylic acids is 1. The van der Waals surface area contributed by atoms with Gasteiger partial charge in [-0.3, -0.25) is 9.63 Å². The van der Waals surface area contributed by atoms with Crippen LogP contribution in [0.4, 0.5) is 0 Å². The SMILES string of the molecule is CONC(=O)/C=C/c1ccc(CN(CCCc2ccccc2)B(C)O)cc1. The maximum atomic E-state index is 11.3. The summed E-state index contributed by atoms with van der Waals surface area (Å²) in [5.74, 6) is -0.305. The molecule has 2 aromatic rings. The predicted molar refractivity (Wildman–Crippen MR) is 110 cm³/mol. The summed E-state index contributed by atoms with van der Waals surface area (Å²) in [6, 6.07) is 18.3. The van der Waals surface area contributed by atoms with Gasteiger partial charge in [-0.2, -0.15) is 0 Å². The number of hydroxylamine groups is 1. The summed E-state index contributed by atoms with van der Waals surface area (Å²) in [5.41, 5.74) is 5.60. The van der Waals surface area contributed by atoms with Gasteiger partial charge in [0, 0.05) is 12.6 Å². The topological polar surface area (TPSA) is 61.8 Å². The van der Waals surface area contributed by atoms with Gasteiger partial charge in [0.15, 0.2) is 0 Å². The van der Waals surface area contributed by atoms with Gasteiger partial charge >= 0.3 is 7.05 Å². The first kappa shape index (κ1) is 20.9. The van der Waals surface area contributed by atoms with Crippen molar-refractivity contribution in [3.05, 3.63) is 77.4 Å². The Morgan fingerprint density at radius 2 is 1.85 bits per heavy atom. The Morgan fingerprint density at radius 1 is 1.15 bits per heavy atom. The Bertz CT molecular complexity index is 718. The van der Waals surface area contributed by atoms with Gasteiger partial charge in [0.1, 0.15) is 0 Å². The van der Waals surface area contributed by atoms with Gasteiger partial charge < -0.3 is 9.83 Å². The summed E-state index contributed by atoms with van der Waals surface area (Å²) in [6.45, 7) is 3.31. The molecule has 5 nitrogen and oxygen atoms in total. The lowest BCUT2D eigenvalue weighted by Crippen LogP contribution is -2.37. The normalized spacial score (nSPS) is 11.1. The van der Waals surface area contributed by atoms with Gasteiger partial charge in [-0.15, -0.1) is 0 Å². The van der Waals surface area contributed by atoms with Crippen LogP contribution in [0.3, 0.4) is 0 Å². The highest BCUT2D eigenvalue weighted by molar-refractivity contribution is 6.45. The van der Waals surface area contributed by atoms with Crippen LogP contribution < -0.4 is 5.48 Å². The van der Waals surface area contributed by atoms with Gasteiger partial charge in [0.05, 0.1) is 7.11 Å². The number of nitrogens with zero attached hydrogens (tertiary/aromatic N) is 1. The van der Waals surface area contributed by atoms with E-state index in [0.29, 0.717) is 6.54 Å². The minimum Gasteiger partial charge on any atom is -0.437 e. The molecule has 0 aromatic heterocycles. The van der Waals surface area contributed by atoms with Crippen LogP contribution in [0.25, 0.3) is 6.08 Å². The number of hydrogen-bond donors (Lipinski definition) is 2. The van der Waals surface area contributed by atoms with E-state index in [1.54, 1.807) is 12.9 Å². The third-order valence-electron chi connectivity index (χ3n) is 4.28. The Morgan fingerprint density at radius 3 is 2.48 bits per heavy atom. The molecule has 0 saturated heterocycles. The molecule has 0 atom stereocenters. The largest absolute Gasteiger partial charge is 0.437 e. The zero-order valence-corrected chi connectivity index (χ0v) is 16.0. The standard InChI is InChI=1S/C21H27BN2O3/c1-22(26)24(16-6-9-18-7-4-3-5-8-18)17-20-12-10-19(11-13-20)14-15-21(25)23-27-2/h3-5,7-8,10-15,26H,6,9,16-17H2,1-2H3,(H,23,25)/b15-14+. The highest BCUT2D eigenvalue weighted by atomic mass is 16.6. The van der Waals surface area contributed by atoms with Crippen LogP contribution in [0, 0.1) is 0 Å². The Kier molecular flexibility index (Phi) is 8.78. The van der Waals surface area contributed by atoms with Crippen LogP contribution in [-0.4, -0.2) is 36.4 Å². The fourth-order valence-electron chi connectivity index (χ4n) is 2.80. The monoisotopic (exact) mass is 366 g/mol. The number of aryl methyl sites for hydroxylation is 1. The van der Waals surface area contributed by atoms with E-state index in [2.05, 4.69) is 39.4 Å². The van der Waals surface area contributed by atoms with Crippen molar-refractivity contribution in [1.29, 1.82) is 0 Å². The van der Waals surface area contributed by atoms with E-state index in [9.17, 15) is 9.82 Å². The lowest BCUT2D eigenvalue weighted by Gasteiger charge is -2.23. The summed E-state index contributed by atoms with van der Waals surface area (Å²) in [6.07, 6.45) is 5.14. The zero-order chi connectivity index (χ0) is 19.5. The number of amides is 1. The molecule has 0 aliphatic rings. The molecule has 2 rings (SSSR count). The molecule has 6 heteroatoms. The number of rotatable bonds is 10. The van der Waals surface area contributed by atoms with Crippen molar-refractivity contribution < 1.29 is 14.7 Å². The minimum atomic E-state index is -0.502. The van der Waals surface area contributed by atoms with E-state index in [0.717, 1.165) is 30.5 Å². The molecule has 0 radical (unpaired) electrons. The molecule has 2 aromatic carbocycles. The van der Waals surface area contributed by atoms with Gasteiger partial charge in [0.2, 0.25) is 0 Å². The third kappa shape index (κ3) is 7.79. The summed E-state index contributed by atoms with van der Waals surface area (Å²) in [7, 11) is 0.895. The van der Waals surface area contributed by atoms with Crippen LogP contribution in [0.1, 0.15) is 23.1 Å². The van der Waals surface area contributed by atoms with Gasteiger partial charge in [-0.05, 0) is 49.0 Å². The van der Waals surface area contributed by atoms with Gasteiger partial charge in [-0.25, -0.2) is 5.48 Å². The summed E-state index contributed by atoms with van der Waals surface area (Å²) in [5, 5.41) is 10.1. The second-order valence-electron chi connectivity index (χ2n) is 6.44. The molecule has 0 saturated carbocycles. The average Bonchev–Trinajstić information content (AvgIpc) is 2.67. The highest BCUT2D eigenvalue weighted by Crippen LogP contribution is 2.11. The van der Waals surface area contributed by atoms with E-state index in [1.165, 1.54) is 18.7 Å². The molecular formula is C21H27BN2O3. The van der Waals surface area contributed by atoms with E-state index >= 15 is 0 Å². The Labute approximate surface area is 161 Å². The van der Waals surface area contributed by atoms with Crippen LogP contribution in [0.2, 0.25) is 6.82 Å². The lowest BCUT2D eigenvalue weighted by atomic mass is 9.84. The van der Waals surface area contributed by atoms with E-state index < -0.39 is 7.05 Å². The summed E-state index contributed by atoms with van der Waals surface area (Å²) in [4.78, 5) is 18.0. The van der Waals surface area contributed by atoms with E-state index in [4.69, 9.17) is 0 Å². The van der Waals surface area contributed by atoms with Gasteiger partial charge in [0.25, 0.3) is 5.91 Å². The summed E-state index contributed by atoms with van der Waals surface area (Å²) >= 11 is 0. The van der Waals surface area contributed by atoms with Crippen molar-refractivity contribution in [2.45, 2.75) is 26.2 Å². The van der Waals surface area contributed by atoms with Crippen molar-refractivity contribution in [3.63, 3.8) is 0 Å². The van der Waals surface area contributed by atoms with Crippen LogP contribution in [0.15, 0.2) is 60.7 Å². The molecule has 0 aliphatic carbocycles. The highest BCUT2D eigenvalue weighted by Gasteiger charge is 2.15. The van der Waals surface area contributed by atoms with E-state index in [1.807, 2.05) is 30.3 Å². The zero-order valence-electron chi connectivity index (χ0n) is 16.0. The molecule has 2 N–H and O–H groups in total. The molecule has 142 valence electrons. The number of carbonyl (C=O) groups is 1. The van der Waals surface area contributed by atoms with Crippen LogP contribution in [-0.2, 0) is 22.6 Å². The molecule has 0 aliphatic heterocycles. The minimum absolute atomic E-state index is 0.305.